The Bertz CT molecular complexity index is 922. The molecule has 2 aromatic carbocycles. The lowest BCUT2D eigenvalue weighted by Gasteiger charge is -2.34. The second-order valence-corrected chi connectivity index (χ2v) is 8.82. The molecular weight excluding hydrogens is 372 g/mol. The number of carbonyl (C=O) groups is 1. The van der Waals surface area contributed by atoms with Crippen LogP contribution in [0.15, 0.2) is 65.6 Å². The van der Waals surface area contributed by atoms with E-state index in [1.165, 1.54) is 6.08 Å². The molecule has 1 amide bonds. The molecule has 0 aromatic heterocycles. The van der Waals surface area contributed by atoms with Crippen LogP contribution in [0.4, 0.5) is 5.69 Å². The highest BCUT2D eigenvalue weighted by molar-refractivity contribution is 7.89. The van der Waals surface area contributed by atoms with Crippen LogP contribution >= 0.6 is 0 Å². The van der Waals surface area contributed by atoms with E-state index in [1.807, 2.05) is 37.3 Å². The number of sulfonamides is 1. The van der Waals surface area contributed by atoms with Gasteiger partial charge in [-0.3, -0.25) is 4.79 Å². The van der Waals surface area contributed by atoms with Crippen LogP contribution < -0.4 is 5.32 Å². The summed E-state index contributed by atoms with van der Waals surface area (Å²) in [5.74, 6) is -0.262. The molecule has 6 heteroatoms. The van der Waals surface area contributed by atoms with Gasteiger partial charge in [-0.05, 0) is 55.2 Å². The second kappa shape index (κ2) is 9.17. The highest BCUT2D eigenvalue weighted by atomic mass is 32.2. The van der Waals surface area contributed by atoms with Gasteiger partial charge in [-0.2, -0.15) is 4.31 Å². The highest BCUT2D eigenvalue weighted by Gasteiger charge is 2.32. The van der Waals surface area contributed by atoms with Gasteiger partial charge < -0.3 is 5.32 Å². The predicted molar refractivity (Wildman–Crippen MR) is 112 cm³/mol. The van der Waals surface area contributed by atoms with Crippen molar-refractivity contribution in [2.75, 3.05) is 11.9 Å². The summed E-state index contributed by atoms with van der Waals surface area (Å²) >= 11 is 0. The molecule has 1 heterocycles. The lowest BCUT2D eigenvalue weighted by molar-refractivity contribution is -0.111. The molecule has 28 heavy (non-hydrogen) atoms. The maximum Gasteiger partial charge on any atom is 0.248 e. The maximum atomic E-state index is 13.0. The zero-order valence-corrected chi connectivity index (χ0v) is 16.9. The molecule has 5 nitrogen and oxygen atoms in total. The molecule has 0 saturated carbocycles. The summed E-state index contributed by atoms with van der Waals surface area (Å²) in [4.78, 5) is 12.3. The van der Waals surface area contributed by atoms with Crippen molar-refractivity contribution in [3.05, 3.63) is 66.2 Å². The molecule has 1 atom stereocenters. The normalized spacial score (nSPS) is 18.2. The molecule has 0 bridgehead atoms. The summed E-state index contributed by atoms with van der Waals surface area (Å²) in [7, 11) is -3.51. The van der Waals surface area contributed by atoms with Crippen LogP contribution in [0.2, 0.25) is 0 Å². The summed E-state index contributed by atoms with van der Waals surface area (Å²) in [6, 6.07) is 16.0. The average Bonchev–Trinajstić information content (AvgIpc) is 2.73. The summed E-state index contributed by atoms with van der Waals surface area (Å²) in [6.07, 6.45) is 6.90. The molecule has 0 spiro atoms. The fourth-order valence-corrected chi connectivity index (χ4v) is 5.23. The minimum Gasteiger partial charge on any atom is -0.323 e. The number of hydrogen-bond donors (Lipinski definition) is 1. The average molecular weight is 399 g/mol. The van der Waals surface area contributed by atoms with Crippen LogP contribution in [0.3, 0.4) is 0 Å². The van der Waals surface area contributed by atoms with Crippen LogP contribution in [0.5, 0.6) is 0 Å². The van der Waals surface area contributed by atoms with Gasteiger partial charge in [-0.1, -0.05) is 43.7 Å². The van der Waals surface area contributed by atoms with Crippen molar-refractivity contribution >= 4 is 27.7 Å². The Balaban J connectivity index is 1.67. The second-order valence-electron chi connectivity index (χ2n) is 6.93. The predicted octanol–water partition coefficient (Wildman–Crippen LogP) is 4.29. The van der Waals surface area contributed by atoms with Crippen molar-refractivity contribution in [3.63, 3.8) is 0 Å². The lowest BCUT2D eigenvalue weighted by Crippen LogP contribution is -2.43. The van der Waals surface area contributed by atoms with E-state index in [-0.39, 0.29) is 16.8 Å². The quantitative estimate of drug-likeness (QED) is 0.738. The Labute approximate surface area is 167 Å². The summed E-state index contributed by atoms with van der Waals surface area (Å²) in [5.41, 5.74) is 1.50. The van der Waals surface area contributed by atoms with Crippen LogP contribution in [0.1, 0.15) is 38.2 Å². The topological polar surface area (TPSA) is 66.5 Å². The van der Waals surface area contributed by atoms with Gasteiger partial charge in [0.1, 0.15) is 0 Å². The van der Waals surface area contributed by atoms with Crippen molar-refractivity contribution in [1.29, 1.82) is 0 Å². The number of piperidine rings is 1. The minimum atomic E-state index is -3.51. The van der Waals surface area contributed by atoms with Gasteiger partial charge in [0.2, 0.25) is 15.9 Å². The number of amides is 1. The van der Waals surface area contributed by atoms with Gasteiger partial charge in [-0.15, -0.1) is 0 Å². The van der Waals surface area contributed by atoms with E-state index in [9.17, 15) is 13.2 Å². The first-order valence-corrected chi connectivity index (χ1v) is 11.1. The smallest absolute Gasteiger partial charge is 0.248 e. The van der Waals surface area contributed by atoms with E-state index in [1.54, 1.807) is 34.6 Å². The van der Waals surface area contributed by atoms with Crippen molar-refractivity contribution in [2.24, 2.45) is 0 Å². The zero-order valence-electron chi connectivity index (χ0n) is 16.0. The summed E-state index contributed by atoms with van der Waals surface area (Å²) in [6.45, 7) is 2.60. The first-order valence-electron chi connectivity index (χ1n) is 9.66. The number of anilines is 1. The molecule has 2 aromatic rings. The van der Waals surface area contributed by atoms with Crippen LogP contribution in [0.25, 0.3) is 6.08 Å². The number of rotatable bonds is 6. The third-order valence-electron chi connectivity index (χ3n) is 5.00. The van der Waals surface area contributed by atoms with Gasteiger partial charge in [0.25, 0.3) is 0 Å². The highest BCUT2D eigenvalue weighted by Crippen LogP contribution is 2.27. The van der Waals surface area contributed by atoms with Crippen LogP contribution in [-0.2, 0) is 14.8 Å². The van der Waals surface area contributed by atoms with Crippen LogP contribution in [0, 0.1) is 0 Å². The van der Waals surface area contributed by atoms with E-state index in [0.29, 0.717) is 12.2 Å². The van der Waals surface area contributed by atoms with Crippen molar-refractivity contribution < 1.29 is 13.2 Å². The van der Waals surface area contributed by atoms with E-state index < -0.39 is 10.0 Å². The van der Waals surface area contributed by atoms with Gasteiger partial charge in [0.15, 0.2) is 0 Å². The SMILES string of the molecule is CCC1CCCCN1S(=O)(=O)c1ccc(NC(=O)C=Cc2ccccc2)cc1. The largest absolute Gasteiger partial charge is 0.323 e. The monoisotopic (exact) mass is 398 g/mol. The summed E-state index contributed by atoms with van der Waals surface area (Å²) < 4.78 is 27.6. The minimum absolute atomic E-state index is 0.0706. The Morgan fingerprint density at radius 2 is 1.82 bits per heavy atom. The molecule has 148 valence electrons. The fraction of sp³-hybridized carbons (Fsp3) is 0.318. The van der Waals surface area contributed by atoms with Gasteiger partial charge in [-0.25, -0.2) is 8.42 Å². The zero-order chi connectivity index (χ0) is 20.0. The van der Waals surface area contributed by atoms with Crippen LogP contribution in [-0.4, -0.2) is 31.2 Å². The third kappa shape index (κ3) is 4.88. The van der Waals surface area contributed by atoms with Crippen molar-refractivity contribution in [1.82, 2.24) is 4.31 Å². The van der Waals surface area contributed by atoms with Crippen molar-refractivity contribution in [2.45, 2.75) is 43.5 Å². The number of benzene rings is 2. The molecule has 1 fully saturated rings. The number of nitrogens with zero attached hydrogens (tertiary/aromatic N) is 1. The fourth-order valence-electron chi connectivity index (χ4n) is 3.46. The molecule has 1 saturated heterocycles. The summed E-state index contributed by atoms with van der Waals surface area (Å²) in [5, 5.41) is 2.76. The molecule has 1 N–H and O–H groups in total. The number of nitrogens with one attached hydrogen (secondary N) is 1. The molecule has 1 aliphatic rings. The van der Waals surface area contributed by atoms with E-state index in [2.05, 4.69) is 5.32 Å². The lowest BCUT2D eigenvalue weighted by atomic mass is 10.0. The maximum absolute atomic E-state index is 13.0. The van der Waals surface area contributed by atoms with Gasteiger partial charge in [0, 0.05) is 24.4 Å². The molecule has 0 radical (unpaired) electrons. The molecule has 1 aliphatic heterocycles. The third-order valence-corrected chi connectivity index (χ3v) is 6.97. The first kappa shape index (κ1) is 20.3. The Morgan fingerprint density at radius 1 is 1.11 bits per heavy atom. The molecule has 1 unspecified atom stereocenters. The number of hydrogen-bond acceptors (Lipinski definition) is 3. The molecule has 3 rings (SSSR count). The first-order chi connectivity index (χ1) is 13.5. The van der Waals surface area contributed by atoms with E-state index in [4.69, 9.17) is 0 Å². The Kier molecular flexibility index (Phi) is 6.65. The molecule has 0 aliphatic carbocycles. The Morgan fingerprint density at radius 3 is 2.50 bits per heavy atom. The number of carbonyl (C=O) groups excluding carboxylic acids is 1. The van der Waals surface area contributed by atoms with E-state index >= 15 is 0 Å². The van der Waals surface area contributed by atoms with Crippen molar-refractivity contribution in [3.8, 4) is 0 Å². The van der Waals surface area contributed by atoms with Gasteiger partial charge in [0.05, 0.1) is 4.90 Å². The van der Waals surface area contributed by atoms with E-state index in [0.717, 1.165) is 31.2 Å². The van der Waals surface area contributed by atoms with Gasteiger partial charge >= 0.3 is 0 Å². The standard InChI is InChI=1S/C22H26N2O3S/c1-2-20-10-6-7-17-24(20)28(26,27)21-14-12-19(13-15-21)23-22(25)16-11-18-8-4-3-5-9-18/h3-5,8-9,11-16,20H,2,6-7,10,17H2,1H3,(H,23,25). The molecular formula is C22H26N2O3S. The Hall–Kier alpha value is -2.44.